The molecule has 0 aliphatic heterocycles. The lowest BCUT2D eigenvalue weighted by Gasteiger charge is -2.09. The molecular formula is C16H13F2NO2. The van der Waals surface area contributed by atoms with Crippen molar-refractivity contribution in [1.82, 2.24) is 0 Å². The summed E-state index contributed by atoms with van der Waals surface area (Å²) in [5, 5.41) is 2.44. The van der Waals surface area contributed by atoms with Gasteiger partial charge in [0.25, 0.3) is 0 Å². The maximum Gasteiger partial charge on any atom is 0.247 e. The molecule has 0 fully saturated rings. The third-order valence-corrected chi connectivity index (χ3v) is 2.67. The van der Waals surface area contributed by atoms with E-state index in [4.69, 9.17) is 4.74 Å². The molecule has 0 spiro atoms. The Bertz CT molecular complexity index is 671. The van der Waals surface area contributed by atoms with Crippen LogP contribution in [-0.4, -0.2) is 5.91 Å². The van der Waals surface area contributed by atoms with Crippen LogP contribution in [-0.2, 0) is 11.4 Å². The fourth-order valence-corrected chi connectivity index (χ4v) is 1.68. The second-order valence-electron chi connectivity index (χ2n) is 4.26. The van der Waals surface area contributed by atoms with Crippen LogP contribution in [0, 0.1) is 11.6 Å². The Morgan fingerprint density at radius 2 is 2.05 bits per heavy atom. The van der Waals surface area contributed by atoms with Crippen LogP contribution >= 0.6 is 0 Å². The van der Waals surface area contributed by atoms with E-state index in [-0.39, 0.29) is 18.2 Å². The van der Waals surface area contributed by atoms with Crippen LogP contribution in [0.1, 0.15) is 5.56 Å². The van der Waals surface area contributed by atoms with E-state index in [2.05, 4.69) is 11.9 Å². The highest BCUT2D eigenvalue weighted by atomic mass is 19.1. The van der Waals surface area contributed by atoms with Gasteiger partial charge in [-0.05, 0) is 35.9 Å². The average molecular weight is 289 g/mol. The van der Waals surface area contributed by atoms with Gasteiger partial charge in [-0.15, -0.1) is 0 Å². The van der Waals surface area contributed by atoms with E-state index in [9.17, 15) is 13.6 Å². The Morgan fingerprint density at radius 3 is 2.71 bits per heavy atom. The first kappa shape index (κ1) is 14.7. The summed E-state index contributed by atoms with van der Waals surface area (Å²) in [6.45, 7) is 3.35. The molecule has 0 saturated carbocycles. The van der Waals surface area contributed by atoms with Crippen LogP contribution < -0.4 is 10.1 Å². The summed E-state index contributed by atoms with van der Waals surface area (Å²) in [6.07, 6.45) is 1.09. The predicted octanol–water partition coefficient (Wildman–Crippen LogP) is 3.67. The van der Waals surface area contributed by atoms with Gasteiger partial charge in [-0.1, -0.05) is 18.7 Å². The molecule has 0 atom stereocenters. The zero-order valence-corrected chi connectivity index (χ0v) is 11.1. The number of carbonyl (C=O) groups excluding carboxylic acids is 1. The molecule has 2 aromatic carbocycles. The molecule has 1 N–H and O–H groups in total. The number of hydrogen-bond acceptors (Lipinski definition) is 2. The quantitative estimate of drug-likeness (QED) is 0.853. The van der Waals surface area contributed by atoms with Gasteiger partial charge in [0.1, 0.15) is 12.4 Å². The molecule has 0 radical (unpaired) electrons. The summed E-state index contributed by atoms with van der Waals surface area (Å²) < 4.78 is 32.1. The van der Waals surface area contributed by atoms with E-state index in [1.54, 1.807) is 12.1 Å². The molecule has 0 aliphatic carbocycles. The SMILES string of the molecule is C=CC(=O)Nc1ccc(OCc2cccc(F)c2)c(F)c1. The zero-order chi connectivity index (χ0) is 15.2. The third-order valence-electron chi connectivity index (χ3n) is 2.67. The summed E-state index contributed by atoms with van der Waals surface area (Å²) in [4.78, 5) is 11.1. The van der Waals surface area contributed by atoms with Crippen LogP contribution in [0.25, 0.3) is 0 Å². The third kappa shape index (κ3) is 4.14. The van der Waals surface area contributed by atoms with Crippen molar-refractivity contribution >= 4 is 11.6 Å². The van der Waals surface area contributed by atoms with Gasteiger partial charge >= 0.3 is 0 Å². The van der Waals surface area contributed by atoms with Gasteiger partial charge in [0, 0.05) is 11.8 Å². The van der Waals surface area contributed by atoms with Crippen molar-refractivity contribution < 1.29 is 18.3 Å². The van der Waals surface area contributed by atoms with Crippen molar-refractivity contribution in [2.75, 3.05) is 5.32 Å². The summed E-state index contributed by atoms with van der Waals surface area (Å²) in [5.41, 5.74) is 0.897. The van der Waals surface area contributed by atoms with Crippen molar-refractivity contribution in [3.8, 4) is 5.75 Å². The number of hydrogen-bond donors (Lipinski definition) is 1. The van der Waals surface area contributed by atoms with Crippen molar-refractivity contribution in [3.05, 3.63) is 72.3 Å². The number of ether oxygens (including phenoxy) is 1. The Kier molecular flexibility index (Phi) is 4.66. The van der Waals surface area contributed by atoms with Gasteiger partial charge in [-0.2, -0.15) is 0 Å². The fraction of sp³-hybridized carbons (Fsp3) is 0.0625. The number of rotatable bonds is 5. The number of anilines is 1. The van der Waals surface area contributed by atoms with Gasteiger partial charge in [0.15, 0.2) is 11.6 Å². The minimum atomic E-state index is -0.617. The zero-order valence-electron chi connectivity index (χ0n) is 11.1. The van der Waals surface area contributed by atoms with Crippen molar-refractivity contribution in [2.45, 2.75) is 6.61 Å². The first-order valence-corrected chi connectivity index (χ1v) is 6.18. The Balaban J connectivity index is 2.04. The first-order chi connectivity index (χ1) is 10.1. The fourth-order valence-electron chi connectivity index (χ4n) is 1.68. The maximum atomic E-state index is 13.8. The number of carbonyl (C=O) groups is 1. The number of amides is 1. The van der Waals surface area contributed by atoms with Crippen LogP contribution in [0.2, 0.25) is 0 Å². The highest BCUT2D eigenvalue weighted by Gasteiger charge is 2.07. The standard InChI is InChI=1S/C16H13F2NO2/c1-2-16(20)19-13-6-7-15(14(18)9-13)21-10-11-4-3-5-12(17)8-11/h2-9H,1,10H2,(H,19,20). The molecule has 108 valence electrons. The van der Waals surface area contributed by atoms with Crippen LogP contribution in [0.5, 0.6) is 5.75 Å². The molecule has 0 aromatic heterocycles. The van der Waals surface area contributed by atoms with E-state index >= 15 is 0 Å². The minimum absolute atomic E-state index is 0.0239. The molecule has 0 bridgehead atoms. The normalized spacial score (nSPS) is 10.0. The molecule has 0 unspecified atom stereocenters. The highest BCUT2D eigenvalue weighted by Crippen LogP contribution is 2.22. The van der Waals surface area contributed by atoms with Crippen LogP contribution in [0.3, 0.4) is 0 Å². The monoisotopic (exact) mass is 289 g/mol. The van der Waals surface area contributed by atoms with E-state index in [0.29, 0.717) is 11.3 Å². The molecule has 3 nitrogen and oxygen atoms in total. The first-order valence-electron chi connectivity index (χ1n) is 6.18. The smallest absolute Gasteiger partial charge is 0.247 e. The van der Waals surface area contributed by atoms with Gasteiger partial charge < -0.3 is 10.1 Å². The van der Waals surface area contributed by atoms with Crippen molar-refractivity contribution in [3.63, 3.8) is 0 Å². The van der Waals surface area contributed by atoms with Gasteiger partial charge in [-0.25, -0.2) is 8.78 Å². The molecule has 21 heavy (non-hydrogen) atoms. The number of nitrogens with one attached hydrogen (secondary N) is 1. The number of halogens is 2. The minimum Gasteiger partial charge on any atom is -0.486 e. The molecule has 5 heteroatoms. The van der Waals surface area contributed by atoms with Gasteiger partial charge in [0.2, 0.25) is 5.91 Å². The van der Waals surface area contributed by atoms with E-state index in [0.717, 1.165) is 12.1 Å². The topological polar surface area (TPSA) is 38.3 Å². The summed E-state index contributed by atoms with van der Waals surface area (Å²) >= 11 is 0. The van der Waals surface area contributed by atoms with E-state index in [1.807, 2.05) is 0 Å². The molecule has 0 aliphatic rings. The van der Waals surface area contributed by atoms with Gasteiger partial charge in [0.05, 0.1) is 0 Å². The average Bonchev–Trinajstić information content (AvgIpc) is 2.46. The Morgan fingerprint density at radius 1 is 1.24 bits per heavy atom. The van der Waals surface area contributed by atoms with Gasteiger partial charge in [-0.3, -0.25) is 4.79 Å². The lowest BCUT2D eigenvalue weighted by Crippen LogP contribution is -2.07. The largest absolute Gasteiger partial charge is 0.486 e. The maximum absolute atomic E-state index is 13.8. The lowest BCUT2D eigenvalue weighted by molar-refractivity contribution is -0.111. The predicted molar refractivity (Wildman–Crippen MR) is 76.0 cm³/mol. The van der Waals surface area contributed by atoms with Crippen LogP contribution in [0.15, 0.2) is 55.1 Å². The molecule has 2 aromatic rings. The Hall–Kier alpha value is -2.69. The van der Waals surface area contributed by atoms with Crippen molar-refractivity contribution in [2.24, 2.45) is 0 Å². The lowest BCUT2D eigenvalue weighted by atomic mass is 10.2. The highest BCUT2D eigenvalue weighted by molar-refractivity contribution is 5.98. The van der Waals surface area contributed by atoms with E-state index < -0.39 is 11.7 Å². The van der Waals surface area contributed by atoms with E-state index in [1.165, 1.54) is 24.3 Å². The second kappa shape index (κ2) is 6.65. The summed E-state index contributed by atoms with van der Waals surface area (Å²) in [7, 11) is 0. The van der Waals surface area contributed by atoms with Crippen LogP contribution in [0.4, 0.5) is 14.5 Å². The Labute approximate surface area is 120 Å². The molecule has 0 saturated heterocycles. The summed E-state index contributed by atoms with van der Waals surface area (Å²) in [5.74, 6) is -1.40. The summed E-state index contributed by atoms with van der Waals surface area (Å²) in [6, 6.07) is 9.91. The molecule has 2 rings (SSSR count). The molecular weight excluding hydrogens is 276 g/mol. The number of benzene rings is 2. The second-order valence-corrected chi connectivity index (χ2v) is 4.26. The molecule has 1 amide bonds. The van der Waals surface area contributed by atoms with Crippen molar-refractivity contribution in [1.29, 1.82) is 0 Å². The molecule has 0 heterocycles.